The number of hydrogen-bond donors (Lipinski definition) is 0. The van der Waals surface area contributed by atoms with Crippen molar-refractivity contribution in [3.05, 3.63) is 29.6 Å². The molecule has 24 heavy (non-hydrogen) atoms. The molecule has 0 bridgehead atoms. The average molecular weight is 333 g/mol. The van der Waals surface area contributed by atoms with Crippen LogP contribution in [0.15, 0.2) is 18.2 Å². The average Bonchev–Trinajstić information content (AvgIpc) is 2.57. The lowest BCUT2D eigenvalue weighted by atomic mass is 9.95. The van der Waals surface area contributed by atoms with Crippen molar-refractivity contribution in [2.45, 2.75) is 90.5 Å². The van der Waals surface area contributed by atoms with Gasteiger partial charge >= 0.3 is 0 Å². The Hall–Kier alpha value is -1.38. The van der Waals surface area contributed by atoms with Crippen LogP contribution in [0.5, 0.6) is 0 Å². The molecule has 134 valence electrons. The molecule has 0 saturated heterocycles. The smallest absolute Gasteiger partial charge is 0.227 e. The van der Waals surface area contributed by atoms with E-state index < -0.39 is 0 Å². The molecule has 1 heterocycles. The standard InChI is InChI=1S/C21H32FNO/c1-3-4-5-6-7-8-9-10-11-21(24)23-17(2)12-13-18-16-19(22)14-15-20(18)23/h14-17H,3-13H2,1-2H3. The lowest BCUT2D eigenvalue weighted by Crippen LogP contribution is -2.42. The molecule has 1 aliphatic rings. The van der Waals surface area contributed by atoms with Crippen molar-refractivity contribution in [3.63, 3.8) is 0 Å². The highest BCUT2D eigenvalue weighted by Gasteiger charge is 2.27. The van der Waals surface area contributed by atoms with Crippen LogP contribution in [-0.2, 0) is 11.2 Å². The van der Waals surface area contributed by atoms with E-state index in [4.69, 9.17) is 0 Å². The second-order valence-electron chi connectivity index (χ2n) is 7.15. The van der Waals surface area contributed by atoms with Crippen molar-refractivity contribution in [1.29, 1.82) is 0 Å². The van der Waals surface area contributed by atoms with Gasteiger partial charge in [0.2, 0.25) is 5.91 Å². The van der Waals surface area contributed by atoms with E-state index in [1.807, 2.05) is 4.90 Å². The molecule has 0 radical (unpaired) electrons. The Morgan fingerprint density at radius 3 is 2.50 bits per heavy atom. The van der Waals surface area contributed by atoms with Crippen LogP contribution in [0.25, 0.3) is 0 Å². The van der Waals surface area contributed by atoms with E-state index in [0.29, 0.717) is 6.42 Å². The van der Waals surface area contributed by atoms with E-state index in [2.05, 4.69) is 13.8 Å². The molecule has 0 N–H and O–H groups in total. The third-order valence-electron chi connectivity index (χ3n) is 5.09. The Labute approximate surface area is 146 Å². The van der Waals surface area contributed by atoms with E-state index in [9.17, 15) is 9.18 Å². The Morgan fingerprint density at radius 1 is 1.12 bits per heavy atom. The molecular formula is C21H32FNO. The van der Waals surface area contributed by atoms with Gasteiger partial charge in [0.1, 0.15) is 5.82 Å². The molecule has 0 aromatic heterocycles. The molecule has 1 amide bonds. The van der Waals surface area contributed by atoms with Crippen molar-refractivity contribution in [2.75, 3.05) is 4.90 Å². The van der Waals surface area contributed by atoms with E-state index >= 15 is 0 Å². The maximum atomic E-state index is 13.4. The van der Waals surface area contributed by atoms with Crippen molar-refractivity contribution in [2.24, 2.45) is 0 Å². The van der Waals surface area contributed by atoms with Gasteiger partial charge in [-0.2, -0.15) is 0 Å². The van der Waals surface area contributed by atoms with E-state index in [0.717, 1.165) is 36.9 Å². The number of rotatable bonds is 9. The zero-order valence-corrected chi connectivity index (χ0v) is 15.3. The SMILES string of the molecule is CCCCCCCCCCC(=O)N1c2ccc(F)cc2CCC1C. The summed E-state index contributed by atoms with van der Waals surface area (Å²) in [4.78, 5) is 14.6. The summed E-state index contributed by atoms with van der Waals surface area (Å²) < 4.78 is 13.4. The van der Waals surface area contributed by atoms with Crippen LogP contribution < -0.4 is 4.90 Å². The molecule has 1 unspecified atom stereocenters. The Morgan fingerprint density at radius 2 is 1.79 bits per heavy atom. The summed E-state index contributed by atoms with van der Waals surface area (Å²) in [6.45, 7) is 4.33. The predicted octanol–water partition coefficient (Wildman–Crippen LogP) is 6.02. The minimum Gasteiger partial charge on any atom is -0.309 e. The normalized spacial score (nSPS) is 17.0. The van der Waals surface area contributed by atoms with Crippen molar-refractivity contribution in [1.82, 2.24) is 0 Å². The number of anilines is 1. The lowest BCUT2D eigenvalue weighted by molar-refractivity contribution is -0.119. The van der Waals surface area contributed by atoms with Crippen LogP contribution in [0.2, 0.25) is 0 Å². The van der Waals surface area contributed by atoms with E-state index in [1.54, 1.807) is 12.1 Å². The molecule has 3 heteroatoms. The first kappa shape index (κ1) is 19.0. The molecule has 1 aliphatic heterocycles. The number of carbonyl (C=O) groups excluding carboxylic acids is 1. The molecular weight excluding hydrogens is 301 g/mol. The van der Waals surface area contributed by atoms with Crippen LogP contribution in [0, 0.1) is 5.82 Å². The summed E-state index contributed by atoms with van der Waals surface area (Å²) >= 11 is 0. The van der Waals surface area contributed by atoms with Gasteiger partial charge in [0, 0.05) is 18.2 Å². The number of unbranched alkanes of at least 4 members (excludes halogenated alkanes) is 7. The van der Waals surface area contributed by atoms with Gasteiger partial charge in [0.15, 0.2) is 0 Å². The van der Waals surface area contributed by atoms with Gasteiger partial charge in [0.05, 0.1) is 0 Å². The summed E-state index contributed by atoms with van der Waals surface area (Å²) in [6.07, 6.45) is 12.3. The summed E-state index contributed by atoms with van der Waals surface area (Å²) in [5.41, 5.74) is 1.89. The first-order valence-corrected chi connectivity index (χ1v) is 9.74. The molecule has 2 nitrogen and oxygen atoms in total. The van der Waals surface area contributed by atoms with Gasteiger partial charge in [-0.25, -0.2) is 4.39 Å². The summed E-state index contributed by atoms with van der Waals surface area (Å²) in [7, 11) is 0. The number of halogens is 1. The van der Waals surface area contributed by atoms with Crippen molar-refractivity contribution < 1.29 is 9.18 Å². The third-order valence-corrected chi connectivity index (χ3v) is 5.09. The van der Waals surface area contributed by atoms with Crippen LogP contribution in [0.3, 0.4) is 0 Å². The maximum absolute atomic E-state index is 13.4. The zero-order valence-electron chi connectivity index (χ0n) is 15.3. The molecule has 0 fully saturated rings. The van der Waals surface area contributed by atoms with E-state index in [1.165, 1.54) is 44.6 Å². The molecule has 0 saturated carbocycles. The summed E-state index contributed by atoms with van der Waals surface area (Å²) in [5.74, 6) is -0.0141. The number of nitrogens with zero attached hydrogens (tertiary/aromatic N) is 1. The second kappa shape index (κ2) is 9.80. The molecule has 1 aromatic carbocycles. The number of carbonyl (C=O) groups is 1. The van der Waals surface area contributed by atoms with Crippen molar-refractivity contribution >= 4 is 11.6 Å². The highest BCUT2D eigenvalue weighted by atomic mass is 19.1. The largest absolute Gasteiger partial charge is 0.309 e. The highest BCUT2D eigenvalue weighted by Crippen LogP contribution is 2.32. The summed E-state index contributed by atoms with van der Waals surface area (Å²) in [5, 5.41) is 0. The van der Waals surface area contributed by atoms with Gasteiger partial charge in [0.25, 0.3) is 0 Å². The molecule has 0 aliphatic carbocycles. The van der Waals surface area contributed by atoms with Crippen LogP contribution >= 0.6 is 0 Å². The van der Waals surface area contributed by atoms with E-state index in [-0.39, 0.29) is 17.8 Å². The molecule has 0 spiro atoms. The number of aryl methyl sites for hydroxylation is 1. The number of amides is 1. The maximum Gasteiger partial charge on any atom is 0.227 e. The molecule has 1 aromatic rings. The van der Waals surface area contributed by atoms with Crippen LogP contribution in [-0.4, -0.2) is 11.9 Å². The van der Waals surface area contributed by atoms with Gasteiger partial charge < -0.3 is 4.90 Å². The van der Waals surface area contributed by atoms with Gasteiger partial charge in [-0.15, -0.1) is 0 Å². The van der Waals surface area contributed by atoms with Crippen LogP contribution in [0.1, 0.15) is 83.6 Å². The first-order valence-electron chi connectivity index (χ1n) is 9.74. The number of fused-ring (bicyclic) bond motifs is 1. The number of benzene rings is 1. The zero-order chi connectivity index (χ0) is 17.4. The Bertz CT molecular complexity index is 529. The monoisotopic (exact) mass is 333 g/mol. The molecule has 1 atom stereocenters. The number of hydrogen-bond acceptors (Lipinski definition) is 1. The van der Waals surface area contributed by atoms with Gasteiger partial charge in [-0.3, -0.25) is 4.79 Å². The molecule has 2 rings (SSSR count). The predicted molar refractivity (Wildman–Crippen MR) is 98.9 cm³/mol. The van der Waals surface area contributed by atoms with Crippen LogP contribution in [0.4, 0.5) is 10.1 Å². The third kappa shape index (κ3) is 5.32. The fourth-order valence-electron chi connectivity index (χ4n) is 3.63. The Balaban J connectivity index is 1.78. The fourth-order valence-corrected chi connectivity index (χ4v) is 3.63. The van der Waals surface area contributed by atoms with Crippen molar-refractivity contribution in [3.8, 4) is 0 Å². The minimum absolute atomic E-state index is 0.195. The fraction of sp³-hybridized carbons (Fsp3) is 0.667. The first-order chi connectivity index (χ1) is 11.6. The quantitative estimate of drug-likeness (QED) is 0.506. The highest BCUT2D eigenvalue weighted by molar-refractivity contribution is 5.95. The summed E-state index contributed by atoms with van der Waals surface area (Å²) in [6, 6.07) is 5.03. The minimum atomic E-state index is -0.209. The second-order valence-corrected chi connectivity index (χ2v) is 7.15. The Kier molecular flexibility index (Phi) is 7.74. The van der Waals surface area contributed by atoms with Gasteiger partial charge in [-0.05, 0) is 49.9 Å². The van der Waals surface area contributed by atoms with Gasteiger partial charge in [-0.1, -0.05) is 51.9 Å². The topological polar surface area (TPSA) is 20.3 Å². The lowest BCUT2D eigenvalue weighted by Gasteiger charge is -2.35.